The lowest BCUT2D eigenvalue weighted by molar-refractivity contribution is -0.138. The van der Waals surface area contributed by atoms with Crippen molar-refractivity contribution in [1.29, 1.82) is 0 Å². The van der Waals surface area contributed by atoms with Crippen LogP contribution in [0.5, 0.6) is 5.75 Å². The summed E-state index contributed by atoms with van der Waals surface area (Å²) in [5.74, 6) is 0.523. The molecule has 7 nitrogen and oxygen atoms in total. The van der Waals surface area contributed by atoms with Crippen molar-refractivity contribution in [3.63, 3.8) is 0 Å². The van der Waals surface area contributed by atoms with E-state index in [0.29, 0.717) is 6.54 Å². The summed E-state index contributed by atoms with van der Waals surface area (Å²) in [6.07, 6.45) is 3.95. The maximum atomic E-state index is 13.0. The third-order valence-electron chi connectivity index (χ3n) is 5.84. The Labute approximate surface area is 181 Å². The number of aliphatic carboxylic acids is 1. The third kappa shape index (κ3) is 4.26. The highest BCUT2D eigenvalue weighted by molar-refractivity contribution is 5.80. The van der Waals surface area contributed by atoms with Gasteiger partial charge in [0.15, 0.2) is 0 Å². The second kappa shape index (κ2) is 8.79. The fourth-order valence-corrected chi connectivity index (χ4v) is 4.40. The summed E-state index contributed by atoms with van der Waals surface area (Å²) < 4.78 is 7.44. The van der Waals surface area contributed by atoms with Crippen LogP contribution in [0.1, 0.15) is 44.5 Å². The molecule has 2 aromatic heterocycles. The molecular formula is C24H27N3O4. The quantitative estimate of drug-likeness (QED) is 0.619. The first kappa shape index (κ1) is 20.9. The smallest absolute Gasteiger partial charge is 0.303 e. The zero-order valence-electron chi connectivity index (χ0n) is 17.8. The summed E-state index contributed by atoms with van der Waals surface area (Å²) in [5, 5.41) is 9.01. The first-order valence-corrected chi connectivity index (χ1v) is 10.6. The van der Waals surface area contributed by atoms with Crippen LogP contribution in [0.2, 0.25) is 0 Å². The molecule has 3 heterocycles. The number of carbonyl (C=O) groups excluding carboxylic acids is 1. The molecule has 0 radical (unpaired) electrons. The number of carboxylic acids is 1. The average molecular weight is 421 g/mol. The van der Waals surface area contributed by atoms with Gasteiger partial charge in [0.2, 0.25) is 5.91 Å². The minimum atomic E-state index is -0.875. The van der Waals surface area contributed by atoms with Crippen molar-refractivity contribution in [1.82, 2.24) is 14.3 Å². The molecule has 0 saturated carbocycles. The number of ether oxygens (including phenoxy) is 1. The molecule has 0 spiro atoms. The van der Waals surface area contributed by atoms with Gasteiger partial charge in [-0.15, -0.1) is 0 Å². The Bertz CT molecular complexity index is 1110. The van der Waals surface area contributed by atoms with Crippen LogP contribution in [0.3, 0.4) is 0 Å². The highest BCUT2D eigenvalue weighted by Crippen LogP contribution is 2.36. The van der Waals surface area contributed by atoms with Crippen molar-refractivity contribution in [2.24, 2.45) is 5.92 Å². The first-order chi connectivity index (χ1) is 15.0. The van der Waals surface area contributed by atoms with Gasteiger partial charge in [0.25, 0.3) is 0 Å². The molecule has 7 heteroatoms. The van der Waals surface area contributed by atoms with Gasteiger partial charge in [0.1, 0.15) is 11.6 Å². The number of likely N-dealkylation sites (tertiary alicyclic amines) is 1. The molecule has 31 heavy (non-hydrogen) atoms. The summed E-state index contributed by atoms with van der Waals surface area (Å²) in [7, 11) is 1.64. The Morgan fingerprint density at radius 1 is 1.23 bits per heavy atom. The molecule has 0 bridgehead atoms. The maximum Gasteiger partial charge on any atom is 0.303 e. The summed E-state index contributed by atoms with van der Waals surface area (Å²) in [5.41, 5.74) is 2.79. The van der Waals surface area contributed by atoms with Crippen LogP contribution in [-0.4, -0.2) is 44.9 Å². The summed E-state index contributed by atoms with van der Waals surface area (Å²) in [6.45, 7) is 2.47. The van der Waals surface area contributed by atoms with E-state index in [9.17, 15) is 9.59 Å². The molecule has 2 unspecified atom stereocenters. The molecule has 162 valence electrons. The molecule has 3 aromatic rings. The molecule has 1 fully saturated rings. The van der Waals surface area contributed by atoms with E-state index in [0.717, 1.165) is 41.2 Å². The molecule has 1 aliphatic heterocycles. The topological polar surface area (TPSA) is 84.1 Å². The Morgan fingerprint density at radius 3 is 2.84 bits per heavy atom. The van der Waals surface area contributed by atoms with Crippen molar-refractivity contribution in [2.45, 2.75) is 38.6 Å². The fraction of sp³-hybridized carbons (Fsp3) is 0.375. The minimum absolute atomic E-state index is 0.00343. The standard InChI is InChI=1S/C24H27N3O4/c1-16(14-22(29)30)13-21(28)26-12-6-10-20(26)24-25-23(19-9-3-4-11-27(19)24)17-7-5-8-18(15-17)31-2/h3-5,7-9,11,15-16,20H,6,10,12-14H2,1-2H3,(H,29,30). The number of pyridine rings is 1. The van der Waals surface area contributed by atoms with Gasteiger partial charge in [0.05, 0.1) is 24.4 Å². The van der Waals surface area contributed by atoms with E-state index in [1.165, 1.54) is 0 Å². The molecule has 1 saturated heterocycles. The van der Waals surface area contributed by atoms with E-state index in [-0.39, 0.29) is 30.7 Å². The predicted molar refractivity (Wildman–Crippen MR) is 117 cm³/mol. The zero-order chi connectivity index (χ0) is 22.0. The fourth-order valence-electron chi connectivity index (χ4n) is 4.40. The number of nitrogens with zero attached hydrogens (tertiary/aromatic N) is 3. The summed E-state index contributed by atoms with van der Waals surface area (Å²) in [4.78, 5) is 30.8. The van der Waals surface area contributed by atoms with Crippen LogP contribution in [-0.2, 0) is 9.59 Å². The van der Waals surface area contributed by atoms with Gasteiger partial charge >= 0.3 is 5.97 Å². The van der Waals surface area contributed by atoms with Crippen molar-refractivity contribution < 1.29 is 19.4 Å². The number of aromatic nitrogens is 2. The lowest BCUT2D eigenvalue weighted by atomic mass is 10.0. The van der Waals surface area contributed by atoms with Crippen LogP contribution in [0, 0.1) is 5.92 Å². The number of methoxy groups -OCH3 is 1. The molecule has 4 rings (SSSR count). The largest absolute Gasteiger partial charge is 0.497 e. The van der Waals surface area contributed by atoms with Crippen LogP contribution in [0.25, 0.3) is 16.8 Å². The monoisotopic (exact) mass is 421 g/mol. The molecular weight excluding hydrogens is 394 g/mol. The predicted octanol–water partition coefficient (Wildman–Crippen LogP) is 4.17. The van der Waals surface area contributed by atoms with Gasteiger partial charge in [-0.25, -0.2) is 4.98 Å². The first-order valence-electron chi connectivity index (χ1n) is 10.6. The van der Waals surface area contributed by atoms with Gasteiger partial charge < -0.3 is 19.1 Å². The number of amides is 1. The molecule has 0 aliphatic carbocycles. The van der Waals surface area contributed by atoms with E-state index in [1.54, 1.807) is 7.11 Å². The van der Waals surface area contributed by atoms with Gasteiger partial charge in [-0.3, -0.25) is 9.59 Å². The van der Waals surface area contributed by atoms with Crippen LogP contribution < -0.4 is 4.74 Å². The number of imidazole rings is 1. The highest BCUT2D eigenvalue weighted by Gasteiger charge is 2.34. The van der Waals surface area contributed by atoms with Crippen LogP contribution in [0.4, 0.5) is 0 Å². The van der Waals surface area contributed by atoms with E-state index < -0.39 is 5.97 Å². The normalized spacial score (nSPS) is 17.1. The highest BCUT2D eigenvalue weighted by atomic mass is 16.5. The lowest BCUT2D eigenvalue weighted by Crippen LogP contribution is -2.32. The summed E-state index contributed by atoms with van der Waals surface area (Å²) >= 11 is 0. The molecule has 1 aliphatic rings. The Hall–Kier alpha value is -3.35. The van der Waals surface area contributed by atoms with Crippen molar-refractivity contribution >= 4 is 17.4 Å². The molecule has 2 atom stereocenters. The Kier molecular flexibility index (Phi) is 5.93. The van der Waals surface area contributed by atoms with Crippen LogP contribution in [0.15, 0.2) is 48.7 Å². The van der Waals surface area contributed by atoms with Gasteiger partial charge in [-0.1, -0.05) is 25.1 Å². The molecule has 1 aromatic carbocycles. The number of carboxylic acid groups (broad SMARTS) is 1. The number of benzene rings is 1. The van der Waals surface area contributed by atoms with Crippen molar-refractivity contribution in [3.8, 4) is 17.0 Å². The summed E-state index contributed by atoms with van der Waals surface area (Å²) in [6, 6.07) is 13.7. The van der Waals surface area contributed by atoms with Gasteiger partial charge in [-0.05, 0) is 43.0 Å². The molecule has 1 amide bonds. The number of hydrogen-bond donors (Lipinski definition) is 1. The van der Waals surface area contributed by atoms with E-state index in [1.807, 2.05) is 60.5 Å². The SMILES string of the molecule is COc1cccc(-c2nc(C3CCCN3C(=O)CC(C)CC(=O)O)n3ccccc23)c1. The Balaban J connectivity index is 1.69. The van der Waals surface area contributed by atoms with E-state index in [4.69, 9.17) is 14.8 Å². The lowest BCUT2D eigenvalue weighted by Gasteiger charge is -2.25. The van der Waals surface area contributed by atoms with Crippen LogP contribution >= 0.6 is 0 Å². The second-order valence-corrected chi connectivity index (χ2v) is 8.16. The van der Waals surface area contributed by atoms with Gasteiger partial charge in [-0.2, -0.15) is 0 Å². The van der Waals surface area contributed by atoms with Gasteiger partial charge in [0, 0.05) is 31.1 Å². The zero-order valence-corrected chi connectivity index (χ0v) is 17.8. The Morgan fingerprint density at radius 2 is 2.06 bits per heavy atom. The van der Waals surface area contributed by atoms with E-state index in [2.05, 4.69) is 4.40 Å². The number of hydrogen-bond acceptors (Lipinski definition) is 4. The second-order valence-electron chi connectivity index (χ2n) is 8.16. The van der Waals surface area contributed by atoms with E-state index >= 15 is 0 Å². The maximum absolute atomic E-state index is 13.0. The van der Waals surface area contributed by atoms with Crippen molar-refractivity contribution in [3.05, 3.63) is 54.5 Å². The number of carbonyl (C=O) groups is 2. The number of rotatable bonds is 7. The number of fused-ring (bicyclic) bond motifs is 1. The molecule has 1 N–H and O–H groups in total. The third-order valence-corrected chi connectivity index (χ3v) is 5.84. The minimum Gasteiger partial charge on any atom is -0.497 e. The average Bonchev–Trinajstić information content (AvgIpc) is 3.38. The van der Waals surface area contributed by atoms with Crippen molar-refractivity contribution in [2.75, 3.05) is 13.7 Å².